The van der Waals surface area contributed by atoms with E-state index in [1.807, 2.05) is 12.1 Å². The monoisotopic (exact) mass is 426 g/mol. The number of amides is 1. The Morgan fingerprint density at radius 2 is 2.13 bits per heavy atom. The van der Waals surface area contributed by atoms with Gasteiger partial charge in [0.15, 0.2) is 0 Å². The van der Waals surface area contributed by atoms with Gasteiger partial charge in [-0.05, 0) is 37.5 Å². The van der Waals surface area contributed by atoms with Gasteiger partial charge < -0.3 is 19.7 Å². The number of aryl methyl sites for hydroxylation is 1. The fourth-order valence-corrected chi connectivity index (χ4v) is 4.77. The lowest BCUT2D eigenvalue weighted by Crippen LogP contribution is -2.41. The molecule has 0 unspecified atom stereocenters. The van der Waals surface area contributed by atoms with Crippen molar-refractivity contribution in [2.24, 2.45) is 5.92 Å². The number of hydrogen-bond donors (Lipinski definition) is 1. The largest absolute Gasteiger partial charge is 0.497 e. The molecule has 7 nitrogen and oxygen atoms in total. The molecule has 3 heterocycles. The zero-order chi connectivity index (χ0) is 21.1. The lowest BCUT2D eigenvalue weighted by Gasteiger charge is -2.33. The average Bonchev–Trinajstić information content (AvgIpc) is 3.23. The maximum atomic E-state index is 13.0. The zero-order valence-electron chi connectivity index (χ0n) is 17.5. The third kappa shape index (κ3) is 4.05. The summed E-state index contributed by atoms with van der Waals surface area (Å²) in [5, 5.41) is 4.11. The summed E-state index contributed by atoms with van der Waals surface area (Å²) in [4.78, 5) is 26.5. The molecule has 3 aromatic rings. The number of rotatable bonds is 6. The molecule has 0 bridgehead atoms. The predicted molar refractivity (Wildman–Crippen MR) is 120 cm³/mol. The van der Waals surface area contributed by atoms with Crippen LogP contribution in [-0.2, 0) is 11.2 Å². The summed E-state index contributed by atoms with van der Waals surface area (Å²) in [6.07, 6.45) is 4.39. The number of nitrogens with one attached hydrogen (secondary N) is 1. The third-order valence-corrected chi connectivity index (χ3v) is 6.65. The van der Waals surface area contributed by atoms with E-state index in [2.05, 4.69) is 33.2 Å². The van der Waals surface area contributed by atoms with Crippen LogP contribution >= 0.6 is 11.3 Å². The maximum absolute atomic E-state index is 13.0. The highest BCUT2D eigenvalue weighted by Crippen LogP contribution is 2.34. The van der Waals surface area contributed by atoms with Crippen LogP contribution in [-0.4, -0.2) is 43.2 Å². The summed E-state index contributed by atoms with van der Waals surface area (Å²) in [7, 11) is 3.18. The molecule has 1 aliphatic rings. The van der Waals surface area contributed by atoms with E-state index in [0.717, 1.165) is 41.8 Å². The van der Waals surface area contributed by atoms with E-state index in [1.165, 1.54) is 4.88 Å². The minimum absolute atomic E-state index is 0.00645. The fraction of sp³-hybridized carbons (Fsp3) is 0.409. The van der Waals surface area contributed by atoms with E-state index in [9.17, 15) is 4.79 Å². The molecule has 8 heteroatoms. The zero-order valence-corrected chi connectivity index (χ0v) is 18.3. The molecule has 1 aliphatic heterocycles. The van der Waals surface area contributed by atoms with E-state index in [-0.39, 0.29) is 11.8 Å². The van der Waals surface area contributed by atoms with Gasteiger partial charge in [0.2, 0.25) is 5.91 Å². The molecule has 1 N–H and O–H groups in total. The van der Waals surface area contributed by atoms with Crippen LogP contribution in [0.25, 0.3) is 10.2 Å². The molecular formula is C22H26N4O3S. The fourth-order valence-electron chi connectivity index (χ4n) is 3.84. The third-order valence-electron chi connectivity index (χ3n) is 5.47. The van der Waals surface area contributed by atoms with Crippen LogP contribution in [0.1, 0.15) is 24.6 Å². The van der Waals surface area contributed by atoms with Gasteiger partial charge in [-0.3, -0.25) is 4.79 Å². The number of anilines is 2. The Hall–Kier alpha value is -2.87. The smallest absolute Gasteiger partial charge is 0.229 e. The van der Waals surface area contributed by atoms with E-state index < -0.39 is 0 Å². The van der Waals surface area contributed by atoms with Gasteiger partial charge >= 0.3 is 0 Å². The Morgan fingerprint density at radius 1 is 1.27 bits per heavy atom. The van der Waals surface area contributed by atoms with Crippen molar-refractivity contribution in [1.29, 1.82) is 0 Å². The standard InChI is InChI=1S/C22H26N4O3S/c1-4-16-11-17-20(23-13-24-22(17)30-16)26-9-5-6-14(12-26)21(27)25-18-8-7-15(28-2)10-19(18)29-3/h7-8,10-11,13-14H,4-6,9,12H2,1-3H3,(H,25,27)/t14-/m1/s1. The summed E-state index contributed by atoms with van der Waals surface area (Å²) in [6.45, 7) is 3.67. The number of thiophene rings is 1. The average molecular weight is 427 g/mol. The second kappa shape index (κ2) is 8.87. The number of benzene rings is 1. The number of hydrogen-bond acceptors (Lipinski definition) is 7. The number of ether oxygens (including phenoxy) is 2. The number of carbonyl (C=O) groups is 1. The van der Waals surface area contributed by atoms with Crippen LogP contribution in [0.15, 0.2) is 30.6 Å². The molecule has 30 heavy (non-hydrogen) atoms. The molecule has 158 valence electrons. The highest BCUT2D eigenvalue weighted by Gasteiger charge is 2.28. The van der Waals surface area contributed by atoms with Crippen molar-refractivity contribution in [2.75, 3.05) is 37.5 Å². The van der Waals surface area contributed by atoms with Crippen LogP contribution in [0.5, 0.6) is 11.5 Å². The quantitative estimate of drug-likeness (QED) is 0.639. The summed E-state index contributed by atoms with van der Waals surface area (Å²) in [6, 6.07) is 7.57. The van der Waals surface area contributed by atoms with Crippen molar-refractivity contribution < 1.29 is 14.3 Å². The van der Waals surface area contributed by atoms with Gasteiger partial charge in [0, 0.05) is 24.0 Å². The first-order chi connectivity index (χ1) is 14.6. The van der Waals surface area contributed by atoms with Gasteiger partial charge in [0.05, 0.1) is 31.2 Å². The normalized spacial score (nSPS) is 16.5. The second-order valence-electron chi connectivity index (χ2n) is 7.32. The van der Waals surface area contributed by atoms with Crippen molar-refractivity contribution in [3.05, 3.63) is 35.5 Å². The van der Waals surface area contributed by atoms with Crippen LogP contribution < -0.4 is 19.7 Å². The van der Waals surface area contributed by atoms with Gasteiger partial charge in [-0.25, -0.2) is 9.97 Å². The molecule has 0 aliphatic carbocycles. The summed E-state index contributed by atoms with van der Waals surface area (Å²) < 4.78 is 10.6. The topological polar surface area (TPSA) is 76.6 Å². The molecule has 4 rings (SSSR count). The second-order valence-corrected chi connectivity index (χ2v) is 8.44. The van der Waals surface area contributed by atoms with Gasteiger partial charge in [-0.1, -0.05) is 6.92 Å². The predicted octanol–water partition coefficient (Wildman–Crippen LogP) is 4.13. The first-order valence-corrected chi connectivity index (χ1v) is 11.0. The number of piperidine rings is 1. The number of fused-ring (bicyclic) bond motifs is 1. The molecule has 0 spiro atoms. The molecular weight excluding hydrogens is 400 g/mol. The van der Waals surface area contributed by atoms with Gasteiger partial charge in [-0.15, -0.1) is 11.3 Å². The molecule has 1 saturated heterocycles. The molecule has 1 amide bonds. The first-order valence-electron chi connectivity index (χ1n) is 10.1. The summed E-state index contributed by atoms with van der Waals surface area (Å²) in [5.41, 5.74) is 0.648. The summed E-state index contributed by atoms with van der Waals surface area (Å²) in [5.74, 6) is 2.06. The van der Waals surface area contributed by atoms with E-state index >= 15 is 0 Å². The van der Waals surface area contributed by atoms with Gasteiger partial charge in [0.25, 0.3) is 0 Å². The highest BCUT2D eigenvalue weighted by atomic mass is 32.1. The minimum atomic E-state index is -0.125. The molecule has 1 fully saturated rings. The Kier molecular flexibility index (Phi) is 6.03. The van der Waals surface area contributed by atoms with Crippen LogP contribution in [0.4, 0.5) is 11.5 Å². The molecule has 1 atom stereocenters. The number of nitrogens with zero attached hydrogens (tertiary/aromatic N) is 3. The molecule has 1 aromatic carbocycles. The molecule has 2 aromatic heterocycles. The SMILES string of the molecule is CCc1cc2c(N3CCC[C@@H](C(=O)Nc4ccc(OC)cc4OC)C3)ncnc2s1. The summed E-state index contributed by atoms with van der Waals surface area (Å²) >= 11 is 1.71. The minimum Gasteiger partial charge on any atom is -0.497 e. The van der Waals surface area contributed by atoms with Crippen molar-refractivity contribution in [2.45, 2.75) is 26.2 Å². The Bertz CT molecular complexity index is 1050. The Balaban J connectivity index is 1.52. The molecule has 0 radical (unpaired) electrons. The maximum Gasteiger partial charge on any atom is 0.229 e. The van der Waals surface area contributed by atoms with Crippen LogP contribution in [0.2, 0.25) is 0 Å². The van der Waals surface area contributed by atoms with Crippen molar-refractivity contribution in [3.8, 4) is 11.5 Å². The van der Waals surface area contributed by atoms with Gasteiger partial charge in [0.1, 0.15) is 28.5 Å². The Labute approximate surface area is 180 Å². The number of carbonyl (C=O) groups excluding carboxylic acids is 1. The lowest BCUT2D eigenvalue weighted by molar-refractivity contribution is -0.120. The van der Waals surface area contributed by atoms with E-state index in [1.54, 1.807) is 38.0 Å². The van der Waals surface area contributed by atoms with Crippen molar-refractivity contribution in [1.82, 2.24) is 9.97 Å². The Morgan fingerprint density at radius 3 is 2.90 bits per heavy atom. The number of aromatic nitrogens is 2. The van der Waals surface area contributed by atoms with Gasteiger partial charge in [-0.2, -0.15) is 0 Å². The van der Waals surface area contributed by atoms with Crippen molar-refractivity contribution in [3.63, 3.8) is 0 Å². The molecule has 0 saturated carbocycles. The first kappa shape index (κ1) is 20.4. The lowest BCUT2D eigenvalue weighted by atomic mass is 9.96. The van der Waals surface area contributed by atoms with E-state index in [4.69, 9.17) is 9.47 Å². The van der Waals surface area contributed by atoms with Crippen molar-refractivity contribution >= 4 is 39.0 Å². The highest BCUT2D eigenvalue weighted by molar-refractivity contribution is 7.18. The van der Waals surface area contributed by atoms with Crippen LogP contribution in [0.3, 0.4) is 0 Å². The van der Waals surface area contributed by atoms with E-state index in [0.29, 0.717) is 23.7 Å². The van der Waals surface area contributed by atoms with Crippen LogP contribution in [0, 0.1) is 5.92 Å². The number of methoxy groups -OCH3 is 2.